The molecule has 3 heteroatoms. The van der Waals surface area contributed by atoms with Crippen LogP contribution in [0.25, 0.3) is 5.57 Å². The molecule has 1 heterocycles. The van der Waals surface area contributed by atoms with Gasteiger partial charge in [0.1, 0.15) is 5.78 Å². The van der Waals surface area contributed by atoms with E-state index in [-0.39, 0.29) is 10.8 Å². The lowest BCUT2D eigenvalue weighted by atomic mass is 9.46. The first-order valence-corrected chi connectivity index (χ1v) is 12.0. The van der Waals surface area contributed by atoms with Crippen molar-refractivity contribution >= 4 is 11.4 Å². The SMILES string of the molecule is CC12CCC3C(CC(c4ccccc4)=C4CC5(CCC43C)OCCO5)C1CCC2=O. The molecular formula is C27H34O3. The van der Waals surface area contributed by atoms with Crippen LogP contribution in [0, 0.1) is 28.6 Å². The molecule has 0 amide bonds. The number of ketones is 1. The fourth-order valence-corrected chi connectivity index (χ4v) is 8.19. The zero-order valence-electron chi connectivity index (χ0n) is 18.4. The summed E-state index contributed by atoms with van der Waals surface area (Å²) in [7, 11) is 0. The Bertz CT molecular complexity index is 896. The summed E-state index contributed by atoms with van der Waals surface area (Å²) in [6.07, 6.45) is 8.33. The molecule has 1 saturated heterocycles. The number of carbonyl (C=O) groups excluding carboxylic acids is 1. The fourth-order valence-electron chi connectivity index (χ4n) is 8.19. The molecular weight excluding hydrogens is 372 g/mol. The summed E-state index contributed by atoms with van der Waals surface area (Å²) in [6.45, 7) is 6.25. The monoisotopic (exact) mass is 406 g/mol. The van der Waals surface area contributed by atoms with Crippen LogP contribution in [0.4, 0.5) is 0 Å². The van der Waals surface area contributed by atoms with Crippen LogP contribution in [-0.4, -0.2) is 24.8 Å². The van der Waals surface area contributed by atoms with Crippen LogP contribution in [0.3, 0.4) is 0 Å². The minimum Gasteiger partial charge on any atom is -0.347 e. The van der Waals surface area contributed by atoms with Crippen molar-refractivity contribution in [1.29, 1.82) is 0 Å². The molecule has 1 spiro atoms. The summed E-state index contributed by atoms with van der Waals surface area (Å²) in [5.41, 5.74) is 4.60. The number of Topliss-reactive ketones (excluding diaryl/α,β-unsaturated/α-hetero) is 1. The third-order valence-electron chi connectivity index (χ3n) is 9.87. The number of hydrogen-bond donors (Lipinski definition) is 0. The van der Waals surface area contributed by atoms with Crippen molar-refractivity contribution in [3.8, 4) is 0 Å². The summed E-state index contributed by atoms with van der Waals surface area (Å²) in [5.74, 6) is 1.99. The third kappa shape index (κ3) is 2.54. The predicted octanol–water partition coefficient (Wildman–Crippen LogP) is 5.79. The van der Waals surface area contributed by atoms with Gasteiger partial charge in [-0.15, -0.1) is 0 Å². The Kier molecular flexibility index (Phi) is 4.19. The van der Waals surface area contributed by atoms with E-state index in [1.54, 1.807) is 5.57 Å². The lowest BCUT2D eigenvalue weighted by Crippen LogP contribution is -2.53. The van der Waals surface area contributed by atoms with E-state index in [1.165, 1.54) is 17.6 Å². The van der Waals surface area contributed by atoms with Gasteiger partial charge in [0.05, 0.1) is 13.2 Å². The van der Waals surface area contributed by atoms with E-state index in [0.29, 0.717) is 23.5 Å². The van der Waals surface area contributed by atoms with E-state index >= 15 is 0 Å². The Morgan fingerprint density at radius 2 is 1.63 bits per heavy atom. The highest BCUT2D eigenvalue weighted by molar-refractivity contribution is 5.87. The molecule has 0 radical (unpaired) electrons. The minimum atomic E-state index is -0.395. The largest absolute Gasteiger partial charge is 0.347 e. The van der Waals surface area contributed by atoms with Crippen LogP contribution >= 0.6 is 0 Å². The molecule has 1 aliphatic heterocycles. The van der Waals surface area contributed by atoms with Crippen molar-refractivity contribution in [2.45, 2.75) is 71.0 Å². The Morgan fingerprint density at radius 1 is 0.900 bits per heavy atom. The smallest absolute Gasteiger partial charge is 0.172 e. The van der Waals surface area contributed by atoms with Crippen molar-refractivity contribution in [2.24, 2.45) is 28.6 Å². The molecule has 0 N–H and O–H groups in total. The predicted molar refractivity (Wildman–Crippen MR) is 117 cm³/mol. The maximum absolute atomic E-state index is 12.8. The van der Waals surface area contributed by atoms with Crippen LogP contribution in [0.5, 0.6) is 0 Å². The maximum atomic E-state index is 12.8. The highest BCUT2D eigenvalue weighted by Crippen LogP contribution is 2.67. The van der Waals surface area contributed by atoms with Gasteiger partial charge in [-0.2, -0.15) is 0 Å². The van der Waals surface area contributed by atoms with Gasteiger partial charge < -0.3 is 9.47 Å². The number of rotatable bonds is 1. The van der Waals surface area contributed by atoms with E-state index in [1.807, 2.05) is 0 Å². The summed E-state index contributed by atoms with van der Waals surface area (Å²) in [4.78, 5) is 12.8. The molecule has 5 unspecified atom stereocenters. The van der Waals surface area contributed by atoms with E-state index in [4.69, 9.17) is 9.47 Å². The molecule has 160 valence electrons. The lowest BCUT2D eigenvalue weighted by Gasteiger charge is -2.59. The van der Waals surface area contributed by atoms with E-state index in [2.05, 4.69) is 44.2 Å². The van der Waals surface area contributed by atoms with E-state index in [0.717, 1.165) is 58.2 Å². The van der Waals surface area contributed by atoms with Gasteiger partial charge in [0, 0.05) is 24.7 Å². The first-order valence-electron chi connectivity index (χ1n) is 12.0. The zero-order chi connectivity index (χ0) is 20.6. The maximum Gasteiger partial charge on any atom is 0.172 e. The van der Waals surface area contributed by atoms with E-state index < -0.39 is 5.79 Å². The summed E-state index contributed by atoms with van der Waals surface area (Å²) >= 11 is 0. The average molecular weight is 407 g/mol. The first-order chi connectivity index (χ1) is 14.5. The molecule has 4 fully saturated rings. The molecule has 0 bridgehead atoms. The third-order valence-corrected chi connectivity index (χ3v) is 9.87. The van der Waals surface area contributed by atoms with Crippen LogP contribution in [0.1, 0.15) is 70.8 Å². The highest BCUT2D eigenvalue weighted by atomic mass is 16.7. The standard InChI is InChI=1S/C27H34O3/c1-25-12-13-27(29-14-15-30-27)17-23(25)19(18-6-4-3-5-7-18)16-20-21-8-9-24(28)26(21,2)11-10-22(20)25/h3-7,20-22H,8-17H2,1-2H3. The molecule has 5 atom stereocenters. The molecule has 5 aliphatic rings. The second kappa shape index (κ2) is 6.53. The number of carbonyl (C=O) groups is 1. The quantitative estimate of drug-likeness (QED) is 0.592. The van der Waals surface area contributed by atoms with Crippen molar-refractivity contribution in [1.82, 2.24) is 0 Å². The van der Waals surface area contributed by atoms with Crippen molar-refractivity contribution in [2.75, 3.05) is 13.2 Å². The molecule has 1 aromatic rings. The Hall–Kier alpha value is -1.45. The molecule has 3 nitrogen and oxygen atoms in total. The minimum absolute atomic E-state index is 0.0790. The average Bonchev–Trinajstić information content (AvgIpc) is 3.34. The normalized spacial score (nSPS) is 42.2. The summed E-state index contributed by atoms with van der Waals surface area (Å²) in [6, 6.07) is 11.0. The highest BCUT2D eigenvalue weighted by Gasteiger charge is 2.61. The topological polar surface area (TPSA) is 35.5 Å². The lowest BCUT2D eigenvalue weighted by molar-refractivity contribution is -0.184. The first kappa shape index (κ1) is 19.3. The van der Waals surface area contributed by atoms with E-state index in [9.17, 15) is 4.79 Å². The molecule has 1 aromatic carbocycles. The van der Waals surface area contributed by atoms with Gasteiger partial charge in [0.25, 0.3) is 0 Å². The van der Waals surface area contributed by atoms with Gasteiger partial charge in [0.15, 0.2) is 5.79 Å². The van der Waals surface area contributed by atoms with Gasteiger partial charge >= 0.3 is 0 Å². The van der Waals surface area contributed by atoms with Gasteiger partial charge in [-0.05, 0) is 66.4 Å². The zero-order valence-corrected chi connectivity index (χ0v) is 18.4. The van der Waals surface area contributed by atoms with Crippen LogP contribution in [-0.2, 0) is 14.3 Å². The molecule has 3 saturated carbocycles. The number of ether oxygens (including phenoxy) is 2. The Morgan fingerprint density at radius 3 is 2.40 bits per heavy atom. The Balaban J connectivity index is 1.48. The Labute approximate surface area is 180 Å². The van der Waals surface area contributed by atoms with Crippen LogP contribution in [0.2, 0.25) is 0 Å². The fraction of sp³-hybridized carbons (Fsp3) is 0.667. The van der Waals surface area contributed by atoms with Gasteiger partial charge in [-0.25, -0.2) is 0 Å². The van der Waals surface area contributed by atoms with Gasteiger partial charge in [0.2, 0.25) is 0 Å². The summed E-state index contributed by atoms with van der Waals surface area (Å²) in [5, 5.41) is 0. The van der Waals surface area contributed by atoms with Crippen LogP contribution in [0.15, 0.2) is 35.9 Å². The molecule has 6 rings (SSSR count). The molecule has 30 heavy (non-hydrogen) atoms. The van der Waals surface area contributed by atoms with Gasteiger partial charge in [-0.3, -0.25) is 4.79 Å². The number of hydrogen-bond acceptors (Lipinski definition) is 3. The number of fused-ring (bicyclic) bond motifs is 5. The number of benzene rings is 1. The number of allylic oxidation sites excluding steroid dienone is 1. The van der Waals surface area contributed by atoms with Crippen molar-refractivity contribution in [3.05, 3.63) is 41.5 Å². The molecule has 0 aromatic heterocycles. The van der Waals surface area contributed by atoms with Crippen molar-refractivity contribution in [3.63, 3.8) is 0 Å². The van der Waals surface area contributed by atoms with Crippen LogP contribution < -0.4 is 0 Å². The second-order valence-electron chi connectivity index (χ2n) is 11.0. The summed E-state index contributed by atoms with van der Waals surface area (Å²) < 4.78 is 12.4. The van der Waals surface area contributed by atoms with Gasteiger partial charge in [-0.1, -0.05) is 49.8 Å². The molecule has 4 aliphatic carbocycles. The second-order valence-corrected chi connectivity index (χ2v) is 11.0. The van der Waals surface area contributed by atoms with Crippen molar-refractivity contribution < 1.29 is 14.3 Å².